The summed E-state index contributed by atoms with van der Waals surface area (Å²) < 4.78 is 12.8. The van der Waals surface area contributed by atoms with Crippen molar-refractivity contribution in [2.45, 2.75) is 20.4 Å². The van der Waals surface area contributed by atoms with Gasteiger partial charge in [-0.3, -0.25) is 4.79 Å². The van der Waals surface area contributed by atoms with Crippen LogP contribution in [0, 0.1) is 19.7 Å². The number of halogens is 2. The Morgan fingerprint density at radius 1 is 1.18 bits per heavy atom. The van der Waals surface area contributed by atoms with Crippen LogP contribution in [0.1, 0.15) is 16.7 Å². The van der Waals surface area contributed by atoms with Gasteiger partial charge in [-0.25, -0.2) is 4.39 Å². The van der Waals surface area contributed by atoms with Crippen molar-refractivity contribution in [2.24, 2.45) is 0 Å². The minimum atomic E-state index is -0.291. The van der Waals surface area contributed by atoms with Crippen LogP contribution in [-0.4, -0.2) is 12.5 Å². The van der Waals surface area contributed by atoms with E-state index in [1.165, 1.54) is 12.1 Å². The lowest BCUT2D eigenvalue weighted by Crippen LogP contribution is -2.29. The normalized spacial score (nSPS) is 10.4. The zero-order valence-electron chi connectivity index (χ0n) is 12.5. The van der Waals surface area contributed by atoms with E-state index in [1.807, 2.05) is 26.0 Å². The summed E-state index contributed by atoms with van der Waals surface area (Å²) in [4.78, 5) is 11.9. The van der Waals surface area contributed by atoms with Gasteiger partial charge in [0.15, 0.2) is 0 Å². The number of hydrogen-bond acceptors (Lipinski definition) is 2. The first-order chi connectivity index (χ1) is 10.5. The quantitative estimate of drug-likeness (QED) is 0.879. The SMILES string of the molecule is Cc1cc(C)c(NCC(=O)NCc2ccc(F)cc2)c(Cl)c1. The van der Waals surface area contributed by atoms with Crippen molar-refractivity contribution in [3.63, 3.8) is 0 Å². The smallest absolute Gasteiger partial charge is 0.239 e. The van der Waals surface area contributed by atoms with Gasteiger partial charge in [0.1, 0.15) is 5.82 Å². The monoisotopic (exact) mass is 320 g/mol. The van der Waals surface area contributed by atoms with E-state index in [1.54, 1.807) is 12.1 Å². The molecule has 2 N–H and O–H groups in total. The highest BCUT2D eigenvalue weighted by Gasteiger charge is 2.07. The summed E-state index contributed by atoms with van der Waals surface area (Å²) in [7, 11) is 0. The molecule has 0 unspecified atom stereocenters. The number of hydrogen-bond donors (Lipinski definition) is 2. The molecule has 0 aliphatic heterocycles. The number of benzene rings is 2. The standard InChI is InChI=1S/C17H18ClFN2O/c1-11-7-12(2)17(15(18)8-11)21-10-16(22)20-9-13-3-5-14(19)6-4-13/h3-8,21H,9-10H2,1-2H3,(H,20,22). The summed E-state index contributed by atoms with van der Waals surface area (Å²) in [5.41, 5.74) is 3.69. The van der Waals surface area contributed by atoms with Crippen LogP contribution in [0.15, 0.2) is 36.4 Å². The lowest BCUT2D eigenvalue weighted by Gasteiger charge is -2.12. The summed E-state index contributed by atoms with van der Waals surface area (Å²) in [6.07, 6.45) is 0. The molecule has 0 fully saturated rings. The Balaban J connectivity index is 1.87. The van der Waals surface area contributed by atoms with E-state index in [9.17, 15) is 9.18 Å². The molecule has 0 aliphatic rings. The Morgan fingerprint density at radius 3 is 2.50 bits per heavy atom. The molecular formula is C17H18ClFN2O. The number of anilines is 1. The number of carbonyl (C=O) groups excluding carboxylic acids is 1. The van der Waals surface area contributed by atoms with E-state index in [0.29, 0.717) is 11.6 Å². The largest absolute Gasteiger partial charge is 0.375 e. The Hall–Kier alpha value is -2.07. The lowest BCUT2D eigenvalue weighted by molar-refractivity contribution is -0.119. The highest BCUT2D eigenvalue weighted by molar-refractivity contribution is 6.33. The topological polar surface area (TPSA) is 41.1 Å². The summed E-state index contributed by atoms with van der Waals surface area (Å²) in [5, 5.41) is 6.42. The fourth-order valence-electron chi connectivity index (χ4n) is 2.17. The first-order valence-electron chi connectivity index (χ1n) is 6.97. The maximum Gasteiger partial charge on any atom is 0.239 e. The fourth-order valence-corrected chi connectivity index (χ4v) is 2.56. The molecule has 0 bridgehead atoms. The Bertz CT molecular complexity index is 648. The van der Waals surface area contributed by atoms with Gasteiger partial charge in [-0.2, -0.15) is 0 Å². The molecule has 0 radical (unpaired) electrons. The molecule has 0 saturated carbocycles. The van der Waals surface area contributed by atoms with Crippen molar-refractivity contribution in [3.8, 4) is 0 Å². The van der Waals surface area contributed by atoms with Crippen LogP contribution in [0.4, 0.5) is 10.1 Å². The number of amides is 1. The third kappa shape index (κ3) is 4.46. The molecule has 3 nitrogen and oxygen atoms in total. The molecule has 0 atom stereocenters. The fraction of sp³-hybridized carbons (Fsp3) is 0.235. The van der Waals surface area contributed by atoms with Gasteiger partial charge in [0, 0.05) is 6.54 Å². The van der Waals surface area contributed by atoms with Crippen LogP contribution in [0.3, 0.4) is 0 Å². The molecule has 2 rings (SSSR count). The zero-order chi connectivity index (χ0) is 16.1. The number of nitrogens with one attached hydrogen (secondary N) is 2. The Kier molecular flexibility index (Phi) is 5.39. The highest BCUT2D eigenvalue weighted by Crippen LogP contribution is 2.26. The third-order valence-corrected chi connectivity index (χ3v) is 3.56. The maximum atomic E-state index is 12.8. The molecule has 5 heteroatoms. The summed E-state index contributed by atoms with van der Waals surface area (Å²) in [6.45, 7) is 4.40. The first-order valence-corrected chi connectivity index (χ1v) is 7.35. The van der Waals surface area contributed by atoms with Gasteiger partial charge in [-0.15, -0.1) is 0 Å². The minimum absolute atomic E-state index is 0.130. The zero-order valence-corrected chi connectivity index (χ0v) is 13.3. The van der Waals surface area contributed by atoms with Crippen LogP contribution in [0.25, 0.3) is 0 Å². The van der Waals surface area contributed by atoms with Gasteiger partial charge in [0.25, 0.3) is 0 Å². The molecule has 1 amide bonds. The van der Waals surface area contributed by atoms with E-state index < -0.39 is 0 Å². The van der Waals surface area contributed by atoms with Crippen molar-refractivity contribution in [1.82, 2.24) is 5.32 Å². The maximum absolute atomic E-state index is 12.8. The van der Waals surface area contributed by atoms with Crippen molar-refractivity contribution < 1.29 is 9.18 Å². The van der Waals surface area contributed by atoms with E-state index in [4.69, 9.17) is 11.6 Å². The van der Waals surface area contributed by atoms with E-state index in [-0.39, 0.29) is 18.3 Å². The first kappa shape index (κ1) is 16.3. The van der Waals surface area contributed by atoms with Gasteiger partial charge >= 0.3 is 0 Å². The molecule has 116 valence electrons. The summed E-state index contributed by atoms with van der Waals surface area (Å²) >= 11 is 6.18. The van der Waals surface area contributed by atoms with Gasteiger partial charge < -0.3 is 10.6 Å². The number of rotatable bonds is 5. The molecule has 0 heterocycles. The molecule has 0 saturated heterocycles. The molecular weight excluding hydrogens is 303 g/mol. The second kappa shape index (κ2) is 7.27. The molecule has 22 heavy (non-hydrogen) atoms. The van der Waals surface area contributed by atoms with Crippen molar-refractivity contribution >= 4 is 23.2 Å². The van der Waals surface area contributed by atoms with Crippen LogP contribution < -0.4 is 10.6 Å². The molecule has 0 aromatic heterocycles. The third-order valence-electron chi connectivity index (χ3n) is 3.26. The van der Waals surface area contributed by atoms with Crippen molar-refractivity contribution in [1.29, 1.82) is 0 Å². The van der Waals surface area contributed by atoms with Crippen molar-refractivity contribution in [3.05, 3.63) is 63.9 Å². The lowest BCUT2D eigenvalue weighted by atomic mass is 10.1. The van der Waals surface area contributed by atoms with Gasteiger partial charge in [0.2, 0.25) is 5.91 Å². The molecule has 2 aromatic rings. The predicted molar refractivity (Wildman–Crippen MR) is 87.7 cm³/mol. The van der Waals surface area contributed by atoms with E-state index >= 15 is 0 Å². The van der Waals surface area contributed by atoms with E-state index in [0.717, 1.165) is 22.4 Å². The number of carbonyl (C=O) groups is 1. The van der Waals surface area contributed by atoms with Crippen LogP contribution in [0.2, 0.25) is 5.02 Å². The highest BCUT2D eigenvalue weighted by atomic mass is 35.5. The number of aryl methyl sites for hydroxylation is 2. The van der Waals surface area contributed by atoms with Crippen LogP contribution in [-0.2, 0) is 11.3 Å². The average molecular weight is 321 g/mol. The Labute approximate surface area is 134 Å². The molecule has 0 spiro atoms. The molecule has 0 aliphatic carbocycles. The minimum Gasteiger partial charge on any atom is -0.375 e. The van der Waals surface area contributed by atoms with E-state index in [2.05, 4.69) is 10.6 Å². The average Bonchev–Trinajstić information content (AvgIpc) is 2.45. The van der Waals surface area contributed by atoms with Gasteiger partial charge in [-0.05, 0) is 48.7 Å². The Morgan fingerprint density at radius 2 is 1.86 bits per heavy atom. The van der Waals surface area contributed by atoms with Crippen LogP contribution in [0.5, 0.6) is 0 Å². The predicted octanol–water partition coefficient (Wildman–Crippen LogP) is 3.82. The second-order valence-electron chi connectivity index (χ2n) is 5.20. The van der Waals surface area contributed by atoms with Gasteiger partial charge in [-0.1, -0.05) is 29.8 Å². The summed E-state index contributed by atoms with van der Waals surface area (Å²) in [6, 6.07) is 9.89. The van der Waals surface area contributed by atoms with Crippen molar-refractivity contribution in [2.75, 3.05) is 11.9 Å². The van der Waals surface area contributed by atoms with Crippen LogP contribution >= 0.6 is 11.6 Å². The second-order valence-corrected chi connectivity index (χ2v) is 5.60. The summed E-state index contributed by atoms with van der Waals surface area (Å²) in [5.74, 6) is -0.443. The molecule has 2 aromatic carbocycles. The van der Waals surface area contributed by atoms with Gasteiger partial charge in [0.05, 0.1) is 17.3 Å².